The minimum atomic E-state index is 0.459. The lowest BCUT2D eigenvalue weighted by molar-refractivity contribution is 0.0877. The Morgan fingerprint density at radius 3 is 2.50 bits per heavy atom. The Kier molecular flexibility index (Phi) is 6.65. The van der Waals surface area contributed by atoms with E-state index < -0.39 is 0 Å². The summed E-state index contributed by atoms with van der Waals surface area (Å²) in [6.07, 6.45) is 6.54. The summed E-state index contributed by atoms with van der Waals surface area (Å²) in [5, 5.41) is 3.75. The maximum Gasteiger partial charge on any atom is 0.0465 e. The molecule has 1 saturated carbocycles. The van der Waals surface area contributed by atoms with Gasteiger partial charge in [0.2, 0.25) is 0 Å². The predicted octanol–water partition coefficient (Wildman–Crippen LogP) is 3.85. The Hall–Kier alpha value is -0.0800. The number of rotatable bonds is 6. The molecule has 1 rings (SSSR count). The highest BCUT2D eigenvalue weighted by Crippen LogP contribution is 2.41. The lowest BCUT2D eigenvalue weighted by Gasteiger charge is -2.42. The van der Waals surface area contributed by atoms with Gasteiger partial charge in [0, 0.05) is 19.8 Å². The van der Waals surface area contributed by atoms with Crippen LogP contribution in [0.25, 0.3) is 0 Å². The van der Waals surface area contributed by atoms with Crippen LogP contribution in [0.3, 0.4) is 0 Å². The minimum Gasteiger partial charge on any atom is -0.385 e. The normalized spacial score (nSPS) is 29.5. The molecule has 0 spiro atoms. The zero-order valence-corrected chi connectivity index (χ0v) is 13.1. The second-order valence-electron chi connectivity index (χ2n) is 6.98. The third-order valence-electron chi connectivity index (χ3n) is 4.56. The van der Waals surface area contributed by atoms with Crippen LogP contribution < -0.4 is 5.32 Å². The zero-order valence-electron chi connectivity index (χ0n) is 13.1. The van der Waals surface area contributed by atoms with Crippen molar-refractivity contribution >= 4 is 0 Å². The molecule has 2 heteroatoms. The molecule has 0 bridgehead atoms. The molecular formula is C16H33NO. The van der Waals surface area contributed by atoms with Gasteiger partial charge in [0.25, 0.3) is 0 Å². The number of hydrogen-bond donors (Lipinski definition) is 1. The van der Waals surface area contributed by atoms with Gasteiger partial charge < -0.3 is 10.1 Å². The lowest BCUT2D eigenvalue weighted by Crippen LogP contribution is -2.43. The SMILES string of the molecule is CCCNC1CCC(C(C)(C)C)CC1CCOC. The van der Waals surface area contributed by atoms with Gasteiger partial charge in [-0.1, -0.05) is 27.7 Å². The molecule has 0 amide bonds. The summed E-state index contributed by atoms with van der Waals surface area (Å²) in [5.41, 5.74) is 0.459. The first kappa shape index (κ1) is 16.0. The van der Waals surface area contributed by atoms with E-state index in [1.807, 2.05) is 7.11 Å². The summed E-state index contributed by atoms with van der Waals surface area (Å²) in [4.78, 5) is 0. The summed E-state index contributed by atoms with van der Waals surface area (Å²) in [7, 11) is 1.82. The molecule has 2 nitrogen and oxygen atoms in total. The van der Waals surface area contributed by atoms with Crippen molar-refractivity contribution in [2.45, 2.75) is 65.8 Å². The Morgan fingerprint density at radius 2 is 1.94 bits per heavy atom. The van der Waals surface area contributed by atoms with Gasteiger partial charge in [0.1, 0.15) is 0 Å². The van der Waals surface area contributed by atoms with Gasteiger partial charge in [0.15, 0.2) is 0 Å². The second-order valence-corrected chi connectivity index (χ2v) is 6.98. The molecule has 18 heavy (non-hydrogen) atoms. The third kappa shape index (κ3) is 4.89. The predicted molar refractivity (Wildman–Crippen MR) is 78.9 cm³/mol. The Balaban J connectivity index is 2.54. The maximum atomic E-state index is 5.29. The van der Waals surface area contributed by atoms with E-state index >= 15 is 0 Å². The van der Waals surface area contributed by atoms with Gasteiger partial charge >= 0.3 is 0 Å². The summed E-state index contributed by atoms with van der Waals surface area (Å²) >= 11 is 0. The molecule has 0 heterocycles. The van der Waals surface area contributed by atoms with Crippen LogP contribution in [0.1, 0.15) is 59.8 Å². The molecule has 0 saturated heterocycles. The summed E-state index contributed by atoms with van der Waals surface area (Å²) in [6, 6.07) is 0.721. The number of ether oxygens (including phenoxy) is 1. The van der Waals surface area contributed by atoms with Crippen LogP contribution in [0.5, 0.6) is 0 Å². The van der Waals surface area contributed by atoms with E-state index in [0.717, 1.165) is 31.0 Å². The first-order chi connectivity index (χ1) is 8.49. The molecule has 1 fully saturated rings. The fourth-order valence-electron chi connectivity index (χ4n) is 3.24. The maximum absolute atomic E-state index is 5.29. The molecule has 1 aliphatic carbocycles. The van der Waals surface area contributed by atoms with Crippen LogP contribution in [0.4, 0.5) is 0 Å². The molecule has 0 aromatic carbocycles. The second kappa shape index (κ2) is 7.49. The van der Waals surface area contributed by atoms with Crippen molar-refractivity contribution in [3.63, 3.8) is 0 Å². The quantitative estimate of drug-likeness (QED) is 0.778. The molecule has 0 radical (unpaired) electrons. The van der Waals surface area contributed by atoms with E-state index in [-0.39, 0.29) is 0 Å². The van der Waals surface area contributed by atoms with E-state index in [9.17, 15) is 0 Å². The average Bonchev–Trinajstić information content (AvgIpc) is 2.33. The van der Waals surface area contributed by atoms with Crippen LogP contribution >= 0.6 is 0 Å². The fraction of sp³-hybridized carbons (Fsp3) is 1.00. The van der Waals surface area contributed by atoms with Gasteiger partial charge in [-0.25, -0.2) is 0 Å². The molecule has 1 aliphatic rings. The first-order valence-corrected chi connectivity index (χ1v) is 7.71. The number of methoxy groups -OCH3 is 1. The van der Waals surface area contributed by atoms with E-state index in [0.29, 0.717) is 5.41 Å². The van der Waals surface area contributed by atoms with Gasteiger partial charge in [0.05, 0.1) is 0 Å². The third-order valence-corrected chi connectivity index (χ3v) is 4.56. The van der Waals surface area contributed by atoms with E-state index in [2.05, 4.69) is 33.0 Å². The number of nitrogens with one attached hydrogen (secondary N) is 1. The van der Waals surface area contributed by atoms with Crippen molar-refractivity contribution in [1.29, 1.82) is 0 Å². The molecule has 3 unspecified atom stereocenters. The number of hydrogen-bond acceptors (Lipinski definition) is 2. The molecule has 108 valence electrons. The van der Waals surface area contributed by atoms with Crippen LogP contribution in [-0.2, 0) is 4.74 Å². The topological polar surface area (TPSA) is 21.3 Å². The highest BCUT2D eigenvalue weighted by molar-refractivity contribution is 4.88. The van der Waals surface area contributed by atoms with Crippen molar-refractivity contribution in [2.75, 3.05) is 20.3 Å². The Labute approximate surface area is 114 Å². The monoisotopic (exact) mass is 255 g/mol. The first-order valence-electron chi connectivity index (χ1n) is 7.71. The lowest BCUT2D eigenvalue weighted by atomic mass is 9.67. The van der Waals surface area contributed by atoms with Crippen molar-refractivity contribution in [3.8, 4) is 0 Å². The molecule has 0 aliphatic heterocycles. The largest absolute Gasteiger partial charge is 0.385 e. The van der Waals surface area contributed by atoms with Gasteiger partial charge in [-0.15, -0.1) is 0 Å². The van der Waals surface area contributed by atoms with Gasteiger partial charge in [-0.05, 0) is 55.9 Å². The molecule has 0 aromatic rings. The highest BCUT2D eigenvalue weighted by atomic mass is 16.5. The molecule has 3 atom stereocenters. The van der Waals surface area contributed by atoms with E-state index in [4.69, 9.17) is 4.74 Å². The van der Waals surface area contributed by atoms with Gasteiger partial charge in [-0.2, -0.15) is 0 Å². The average molecular weight is 255 g/mol. The van der Waals surface area contributed by atoms with Crippen molar-refractivity contribution in [1.82, 2.24) is 5.32 Å². The van der Waals surface area contributed by atoms with Crippen molar-refractivity contribution in [3.05, 3.63) is 0 Å². The Bertz CT molecular complexity index is 222. The summed E-state index contributed by atoms with van der Waals surface area (Å²) in [5.74, 6) is 1.67. The van der Waals surface area contributed by atoms with Crippen LogP contribution in [0.2, 0.25) is 0 Å². The molecule has 1 N–H and O–H groups in total. The van der Waals surface area contributed by atoms with Crippen LogP contribution in [0.15, 0.2) is 0 Å². The standard InChI is InChI=1S/C16H33NO/c1-6-10-17-15-8-7-14(16(2,3)4)12-13(15)9-11-18-5/h13-15,17H,6-12H2,1-5H3. The minimum absolute atomic E-state index is 0.459. The van der Waals surface area contributed by atoms with Crippen LogP contribution in [0, 0.1) is 17.3 Å². The van der Waals surface area contributed by atoms with Crippen LogP contribution in [-0.4, -0.2) is 26.3 Å². The smallest absolute Gasteiger partial charge is 0.0465 e. The van der Waals surface area contributed by atoms with E-state index in [1.165, 1.54) is 32.1 Å². The van der Waals surface area contributed by atoms with E-state index in [1.54, 1.807) is 0 Å². The Morgan fingerprint density at radius 1 is 1.22 bits per heavy atom. The van der Waals surface area contributed by atoms with Crippen molar-refractivity contribution in [2.24, 2.45) is 17.3 Å². The molecule has 0 aromatic heterocycles. The van der Waals surface area contributed by atoms with Gasteiger partial charge in [-0.3, -0.25) is 0 Å². The zero-order chi connectivity index (χ0) is 13.6. The highest BCUT2D eigenvalue weighted by Gasteiger charge is 2.35. The molecular weight excluding hydrogens is 222 g/mol. The summed E-state index contributed by atoms with van der Waals surface area (Å²) in [6.45, 7) is 11.5. The van der Waals surface area contributed by atoms with Crippen molar-refractivity contribution < 1.29 is 4.74 Å². The summed E-state index contributed by atoms with van der Waals surface area (Å²) < 4.78 is 5.29. The fourth-order valence-corrected chi connectivity index (χ4v) is 3.24.